The Labute approximate surface area is 147 Å². The lowest BCUT2D eigenvalue weighted by atomic mass is 9.94. The molecule has 0 spiro atoms. The number of hydrogen-bond donors (Lipinski definition) is 2. The highest BCUT2D eigenvalue weighted by Crippen LogP contribution is 2.33. The van der Waals surface area contributed by atoms with Crippen molar-refractivity contribution < 1.29 is 9.59 Å². The summed E-state index contributed by atoms with van der Waals surface area (Å²) in [5.41, 5.74) is 11.5. The fourth-order valence-corrected chi connectivity index (χ4v) is 3.59. The Morgan fingerprint density at radius 1 is 1.36 bits per heavy atom. The Morgan fingerprint density at radius 2 is 2.12 bits per heavy atom. The normalized spacial score (nSPS) is 13.4. The van der Waals surface area contributed by atoms with Gasteiger partial charge < -0.3 is 15.6 Å². The maximum absolute atomic E-state index is 12.4. The van der Waals surface area contributed by atoms with Crippen LogP contribution in [0.15, 0.2) is 30.9 Å². The van der Waals surface area contributed by atoms with Crippen LogP contribution in [0, 0.1) is 13.8 Å². The fourth-order valence-electron chi connectivity index (χ4n) is 3.59. The average Bonchev–Trinajstić information content (AvgIpc) is 2.85. The number of rotatable bonds is 5. The number of benzene rings is 1. The molecule has 1 heterocycles. The first-order valence-corrected chi connectivity index (χ1v) is 8.48. The molecule has 2 aromatic rings. The van der Waals surface area contributed by atoms with E-state index in [2.05, 4.69) is 16.5 Å². The van der Waals surface area contributed by atoms with Crippen LogP contribution < -0.4 is 11.1 Å². The summed E-state index contributed by atoms with van der Waals surface area (Å²) in [6.07, 6.45) is 4.09. The summed E-state index contributed by atoms with van der Waals surface area (Å²) in [6.45, 7) is 8.25. The smallest absolute Gasteiger partial charge is 0.250 e. The zero-order chi connectivity index (χ0) is 18.1. The number of anilines is 1. The first-order valence-electron chi connectivity index (χ1n) is 8.48. The van der Waals surface area contributed by atoms with Gasteiger partial charge in [0.2, 0.25) is 0 Å². The highest BCUT2D eigenvalue weighted by atomic mass is 16.1. The summed E-state index contributed by atoms with van der Waals surface area (Å²) in [7, 11) is 0. The Morgan fingerprint density at radius 3 is 2.80 bits per heavy atom. The van der Waals surface area contributed by atoms with Crippen molar-refractivity contribution in [3.63, 3.8) is 0 Å². The Balaban J connectivity index is 2.17. The van der Waals surface area contributed by atoms with Gasteiger partial charge in [0, 0.05) is 41.3 Å². The number of amides is 1. The van der Waals surface area contributed by atoms with Crippen molar-refractivity contribution in [3.8, 4) is 5.69 Å². The highest BCUT2D eigenvalue weighted by molar-refractivity contribution is 6.01. The monoisotopic (exact) mass is 337 g/mol. The van der Waals surface area contributed by atoms with Gasteiger partial charge in [-0.2, -0.15) is 0 Å². The zero-order valence-electron chi connectivity index (χ0n) is 14.7. The van der Waals surface area contributed by atoms with Crippen LogP contribution in [-0.2, 0) is 6.42 Å². The SMILES string of the molecule is C=CCNc1cc(-n2c(C)c(C)c3c2CCCC3=O)ccc1C(N)=O. The molecule has 3 rings (SSSR count). The van der Waals surface area contributed by atoms with Gasteiger partial charge in [0.25, 0.3) is 5.91 Å². The maximum Gasteiger partial charge on any atom is 0.250 e. The molecule has 0 saturated heterocycles. The molecule has 0 aliphatic heterocycles. The molecule has 3 N–H and O–H groups in total. The molecule has 5 nitrogen and oxygen atoms in total. The number of nitrogens with zero attached hydrogens (tertiary/aromatic N) is 1. The average molecular weight is 337 g/mol. The number of carbonyl (C=O) groups excluding carboxylic acids is 2. The molecule has 25 heavy (non-hydrogen) atoms. The van der Waals surface area contributed by atoms with E-state index in [-0.39, 0.29) is 5.78 Å². The Bertz CT molecular complexity index is 878. The second-order valence-corrected chi connectivity index (χ2v) is 6.41. The number of carbonyl (C=O) groups is 2. The predicted octanol–water partition coefficient (Wildman–Crippen LogP) is 3.31. The lowest BCUT2D eigenvalue weighted by molar-refractivity contribution is 0.0969. The largest absolute Gasteiger partial charge is 0.381 e. The van der Waals surface area contributed by atoms with Crippen LogP contribution in [0.2, 0.25) is 0 Å². The van der Waals surface area contributed by atoms with Gasteiger partial charge in [-0.3, -0.25) is 9.59 Å². The number of aromatic nitrogens is 1. The van der Waals surface area contributed by atoms with Gasteiger partial charge in [0.05, 0.1) is 5.56 Å². The lowest BCUT2D eigenvalue weighted by Crippen LogP contribution is -2.16. The number of primary amides is 1. The molecule has 1 aliphatic carbocycles. The second kappa shape index (κ2) is 6.59. The van der Waals surface area contributed by atoms with Gasteiger partial charge in [0.1, 0.15) is 0 Å². The fraction of sp³-hybridized carbons (Fsp3) is 0.300. The molecule has 0 bridgehead atoms. The molecule has 1 aromatic heterocycles. The first kappa shape index (κ1) is 17.0. The third-order valence-corrected chi connectivity index (χ3v) is 4.87. The molecular weight excluding hydrogens is 314 g/mol. The summed E-state index contributed by atoms with van der Waals surface area (Å²) < 4.78 is 2.13. The van der Waals surface area contributed by atoms with Crippen LogP contribution in [0.4, 0.5) is 5.69 Å². The van der Waals surface area contributed by atoms with E-state index in [1.165, 1.54) is 0 Å². The van der Waals surface area contributed by atoms with Crippen LogP contribution in [0.25, 0.3) is 5.69 Å². The lowest BCUT2D eigenvalue weighted by Gasteiger charge is -2.18. The van der Waals surface area contributed by atoms with Gasteiger partial charge in [-0.1, -0.05) is 6.08 Å². The van der Waals surface area contributed by atoms with Crippen LogP contribution in [0.1, 0.15) is 50.5 Å². The van der Waals surface area contributed by atoms with Gasteiger partial charge in [-0.25, -0.2) is 0 Å². The summed E-state index contributed by atoms with van der Waals surface area (Å²) >= 11 is 0. The minimum Gasteiger partial charge on any atom is -0.381 e. The third-order valence-electron chi connectivity index (χ3n) is 4.87. The molecule has 0 fully saturated rings. The van der Waals surface area contributed by atoms with Gasteiger partial charge in [-0.15, -0.1) is 6.58 Å². The number of Topliss-reactive ketones (excluding diaryl/α,β-unsaturated/α-hetero) is 1. The number of hydrogen-bond acceptors (Lipinski definition) is 3. The second-order valence-electron chi connectivity index (χ2n) is 6.41. The molecule has 1 amide bonds. The third kappa shape index (κ3) is 2.86. The summed E-state index contributed by atoms with van der Waals surface area (Å²) in [5.74, 6) is -0.255. The molecule has 1 aromatic carbocycles. The van der Waals surface area contributed by atoms with Crippen LogP contribution in [0.5, 0.6) is 0 Å². The highest BCUT2D eigenvalue weighted by Gasteiger charge is 2.27. The van der Waals surface area contributed by atoms with E-state index in [4.69, 9.17) is 5.73 Å². The predicted molar refractivity (Wildman–Crippen MR) is 99.7 cm³/mol. The quantitative estimate of drug-likeness (QED) is 0.822. The van der Waals surface area contributed by atoms with E-state index < -0.39 is 5.91 Å². The van der Waals surface area contributed by atoms with Gasteiger partial charge >= 0.3 is 0 Å². The van der Waals surface area contributed by atoms with E-state index in [0.717, 1.165) is 41.0 Å². The number of nitrogens with two attached hydrogens (primary N) is 1. The molecule has 1 aliphatic rings. The molecule has 0 atom stereocenters. The molecule has 0 unspecified atom stereocenters. The van der Waals surface area contributed by atoms with Crippen molar-refractivity contribution in [2.75, 3.05) is 11.9 Å². The zero-order valence-corrected chi connectivity index (χ0v) is 14.7. The number of nitrogens with one attached hydrogen (secondary N) is 1. The van der Waals surface area contributed by atoms with Crippen molar-refractivity contribution in [2.45, 2.75) is 33.1 Å². The van der Waals surface area contributed by atoms with E-state index in [9.17, 15) is 9.59 Å². The van der Waals surface area contributed by atoms with Crippen LogP contribution in [-0.4, -0.2) is 22.8 Å². The minimum atomic E-state index is -0.476. The van der Waals surface area contributed by atoms with Gasteiger partial charge in [0.15, 0.2) is 5.78 Å². The molecule has 0 saturated carbocycles. The molecule has 0 radical (unpaired) electrons. The van der Waals surface area contributed by atoms with E-state index >= 15 is 0 Å². The molecule has 130 valence electrons. The van der Waals surface area contributed by atoms with Crippen LogP contribution in [0.3, 0.4) is 0 Å². The van der Waals surface area contributed by atoms with Crippen molar-refractivity contribution in [3.05, 3.63) is 58.9 Å². The molecule has 5 heteroatoms. The Kier molecular flexibility index (Phi) is 4.49. The Hall–Kier alpha value is -2.82. The summed E-state index contributed by atoms with van der Waals surface area (Å²) in [4.78, 5) is 24.0. The van der Waals surface area contributed by atoms with Crippen molar-refractivity contribution in [1.82, 2.24) is 4.57 Å². The van der Waals surface area contributed by atoms with E-state index in [1.54, 1.807) is 12.1 Å². The van der Waals surface area contributed by atoms with E-state index in [1.807, 2.05) is 26.0 Å². The molecular formula is C20H23N3O2. The standard InChI is InChI=1S/C20H23N3O2/c1-4-10-22-16-11-14(8-9-15(16)20(21)25)23-13(3)12(2)19-17(23)6-5-7-18(19)24/h4,8-9,11,22H,1,5-7,10H2,2-3H3,(H2,21,25). The van der Waals surface area contributed by atoms with Crippen molar-refractivity contribution in [2.24, 2.45) is 5.73 Å². The van der Waals surface area contributed by atoms with E-state index in [0.29, 0.717) is 24.2 Å². The summed E-state index contributed by atoms with van der Waals surface area (Å²) in [5, 5.41) is 3.17. The number of ketones is 1. The minimum absolute atomic E-state index is 0.222. The number of fused-ring (bicyclic) bond motifs is 1. The topological polar surface area (TPSA) is 77.1 Å². The van der Waals surface area contributed by atoms with Crippen molar-refractivity contribution in [1.29, 1.82) is 0 Å². The van der Waals surface area contributed by atoms with Crippen LogP contribution >= 0.6 is 0 Å². The first-order chi connectivity index (χ1) is 12.0. The van der Waals surface area contributed by atoms with Crippen molar-refractivity contribution >= 4 is 17.4 Å². The van der Waals surface area contributed by atoms with Gasteiger partial charge in [-0.05, 0) is 50.5 Å². The maximum atomic E-state index is 12.4. The summed E-state index contributed by atoms with van der Waals surface area (Å²) in [6, 6.07) is 5.52.